The molecular weight excluding hydrogens is 345 g/mol. The Morgan fingerprint density at radius 1 is 0.889 bits per heavy atom. The van der Waals surface area contributed by atoms with Gasteiger partial charge < -0.3 is 9.80 Å². The first-order chi connectivity index (χ1) is 13.1. The highest BCUT2D eigenvalue weighted by Crippen LogP contribution is 2.27. The van der Waals surface area contributed by atoms with Crippen molar-refractivity contribution < 1.29 is 14.0 Å². The zero-order valence-electron chi connectivity index (χ0n) is 15.1. The van der Waals surface area contributed by atoms with Gasteiger partial charge in [-0.15, -0.1) is 0 Å². The Morgan fingerprint density at radius 3 is 2.37 bits per heavy atom. The van der Waals surface area contributed by atoms with Crippen LogP contribution in [-0.2, 0) is 11.2 Å². The van der Waals surface area contributed by atoms with Gasteiger partial charge in [0.05, 0.1) is 12.1 Å². The number of nitrogens with zero attached hydrogens (tertiary/aromatic N) is 3. The number of hydrogen-bond donors (Lipinski definition) is 0. The molecule has 0 spiro atoms. The van der Waals surface area contributed by atoms with Crippen molar-refractivity contribution in [1.82, 2.24) is 9.80 Å². The van der Waals surface area contributed by atoms with E-state index in [-0.39, 0.29) is 17.4 Å². The zero-order chi connectivity index (χ0) is 18.8. The lowest BCUT2D eigenvalue weighted by Crippen LogP contribution is -2.51. The number of piperazine rings is 1. The second-order valence-electron chi connectivity index (χ2n) is 6.97. The van der Waals surface area contributed by atoms with Gasteiger partial charge in [0.25, 0.3) is 5.91 Å². The third-order valence-corrected chi connectivity index (χ3v) is 5.31. The highest BCUT2D eigenvalue weighted by Gasteiger charge is 2.28. The highest BCUT2D eigenvalue weighted by molar-refractivity contribution is 5.97. The van der Waals surface area contributed by atoms with E-state index >= 15 is 0 Å². The molecule has 0 unspecified atom stereocenters. The van der Waals surface area contributed by atoms with E-state index in [1.807, 2.05) is 23.1 Å². The van der Waals surface area contributed by atoms with Crippen molar-refractivity contribution in [2.45, 2.75) is 6.42 Å². The average molecular weight is 367 g/mol. The summed E-state index contributed by atoms with van der Waals surface area (Å²) in [5.74, 6) is -0.686. The summed E-state index contributed by atoms with van der Waals surface area (Å²) in [5, 5.41) is 0. The predicted octanol–water partition coefficient (Wildman–Crippen LogP) is 2.17. The van der Waals surface area contributed by atoms with Gasteiger partial charge in [0.2, 0.25) is 5.91 Å². The van der Waals surface area contributed by atoms with Crippen molar-refractivity contribution in [2.24, 2.45) is 0 Å². The van der Waals surface area contributed by atoms with E-state index in [9.17, 15) is 14.0 Å². The number of rotatable bonds is 3. The summed E-state index contributed by atoms with van der Waals surface area (Å²) in [5.41, 5.74) is 2.33. The van der Waals surface area contributed by atoms with Crippen molar-refractivity contribution in [3.05, 3.63) is 65.5 Å². The number of para-hydroxylation sites is 1. The van der Waals surface area contributed by atoms with Crippen LogP contribution in [0.15, 0.2) is 48.5 Å². The lowest BCUT2D eigenvalue weighted by atomic mass is 10.1. The van der Waals surface area contributed by atoms with Crippen LogP contribution >= 0.6 is 0 Å². The van der Waals surface area contributed by atoms with Crippen molar-refractivity contribution in [1.29, 1.82) is 0 Å². The fraction of sp³-hybridized carbons (Fsp3) is 0.333. The number of carbonyl (C=O) groups excluding carboxylic acids is 2. The molecule has 27 heavy (non-hydrogen) atoms. The number of fused-ring (bicyclic) bond motifs is 1. The van der Waals surface area contributed by atoms with Gasteiger partial charge in [-0.2, -0.15) is 0 Å². The maximum atomic E-state index is 13.8. The van der Waals surface area contributed by atoms with Gasteiger partial charge in [-0.1, -0.05) is 30.3 Å². The molecule has 0 bridgehead atoms. The molecule has 140 valence electrons. The van der Waals surface area contributed by atoms with Gasteiger partial charge in [0.15, 0.2) is 0 Å². The van der Waals surface area contributed by atoms with E-state index in [1.54, 1.807) is 17.0 Å². The summed E-state index contributed by atoms with van der Waals surface area (Å²) in [6, 6.07) is 14.1. The van der Waals surface area contributed by atoms with Gasteiger partial charge in [0, 0.05) is 38.4 Å². The maximum absolute atomic E-state index is 13.8. The number of halogens is 1. The van der Waals surface area contributed by atoms with Crippen molar-refractivity contribution in [3.63, 3.8) is 0 Å². The molecule has 0 aromatic heterocycles. The maximum Gasteiger partial charge on any atom is 0.256 e. The van der Waals surface area contributed by atoms with Crippen LogP contribution in [0.4, 0.5) is 10.1 Å². The summed E-state index contributed by atoms with van der Waals surface area (Å²) < 4.78 is 13.8. The Balaban J connectivity index is 1.33. The number of amides is 2. The first-order valence-electron chi connectivity index (χ1n) is 9.28. The molecule has 0 atom stereocenters. The standard InChI is InChI=1S/C21H22FN3O2/c22-18-7-3-2-6-17(18)21(27)24-13-11-23(12-14-24)15-20(26)25-10-9-16-5-1-4-8-19(16)25/h1-8H,9-15H2. The SMILES string of the molecule is O=C(c1ccccc1F)N1CCN(CC(=O)N2CCc3ccccc32)CC1. The lowest BCUT2D eigenvalue weighted by molar-refractivity contribution is -0.120. The molecule has 1 saturated heterocycles. The minimum absolute atomic E-state index is 0.0915. The second-order valence-corrected chi connectivity index (χ2v) is 6.97. The molecule has 2 aliphatic rings. The van der Waals surface area contributed by atoms with Crippen LogP contribution in [0.5, 0.6) is 0 Å². The molecule has 0 N–H and O–H groups in total. The number of carbonyl (C=O) groups is 2. The third kappa shape index (κ3) is 3.57. The Labute approximate surface area is 158 Å². The van der Waals surface area contributed by atoms with Gasteiger partial charge in [-0.25, -0.2) is 4.39 Å². The molecule has 2 amide bonds. The first-order valence-corrected chi connectivity index (χ1v) is 9.28. The normalized spacial score (nSPS) is 17.1. The Kier molecular flexibility index (Phi) is 4.90. The largest absolute Gasteiger partial charge is 0.336 e. The lowest BCUT2D eigenvalue weighted by Gasteiger charge is -2.35. The van der Waals surface area contributed by atoms with Gasteiger partial charge in [0.1, 0.15) is 5.82 Å². The van der Waals surface area contributed by atoms with Gasteiger partial charge in [-0.3, -0.25) is 14.5 Å². The molecule has 0 saturated carbocycles. The molecule has 5 nitrogen and oxygen atoms in total. The minimum Gasteiger partial charge on any atom is -0.336 e. The van der Waals surface area contributed by atoms with E-state index in [0.717, 1.165) is 18.7 Å². The van der Waals surface area contributed by atoms with Crippen LogP contribution in [-0.4, -0.2) is 60.9 Å². The molecule has 1 fully saturated rings. The van der Waals surface area contributed by atoms with E-state index in [4.69, 9.17) is 0 Å². The molecular formula is C21H22FN3O2. The monoisotopic (exact) mass is 367 g/mol. The molecule has 2 aromatic rings. The fourth-order valence-electron chi connectivity index (χ4n) is 3.79. The summed E-state index contributed by atoms with van der Waals surface area (Å²) in [6.45, 7) is 3.29. The number of benzene rings is 2. The van der Waals surface area contributed by atoms with Crippen molar-refractivity contribution >= 4 is 17.5 Å². The molecule has 2 heterocycles. The van der Waals surface area contributed by atoms with Crippen molar-refractivity contribution in [2.75, 3.05) is 44.2 Å². The predicted molar refractivity (Wildman–Crippen MR) is 101 cm³/mol. The van der Waals surface area contributed by atoms with Crippen LogP contribution in [0.25, 0.3) is 0 Å². The second kappa shape index (κ2) is 7.48. The fourth-order valence-corrected chi connectivity index (χ4v) is 3.79. The molecule has 6 heteroatoms. The number of anilines is 1. The summed E-state index contributed by atoms with van der Waals surface area (Å²) in [7, 11) is 0. The summed E-state index contributed by atoms with van der Waals surface area (Å²) >= 11 is 0. The Morgan fingerprint density at radius 2 is 1.59 bits per heavy atom. The molecule has 0 radical (unpaired) electrons. The highest BCUT2D eigenvalue weighted by atomic mass is 19.1. The van der Waals surface area contributed by atoms with Gasteiger partial charge >= 0.3 is 0 Å². The van der Waals surface area contributed by atoms with E-state index < -0.39 is 5.82 Å². The number of hydrogen-bond acceptors (Lipinski definition) is 3. The quantitative estimate of drug-likeness (QED) is 0.835. The first kappa shape index (κ1) is 17.7. The molecule has 2 aromatic carbocycles. The van der Waals surface area contributed by atoms with Crippen LogP contribution in [0.3, 0.4) is 0 Å². The molecule has 4 rings (SSSR count). The van der Waals surface area contributed by atoms with Crippen LogP contribution in [0.2, 0.25) is 0 Å². The smallest absolute Gasteiger partial charge is 0.256 e. The Hall–Kier alpha value is -2.73. The van der Waals surface area contributed by atoms with E-state index in [0.29, 0.717) is 32.7 Å². The topological polar surface area (TPSA) is 43.9 Å². The summed E-state index contributed by atoms with van der Waals surface area (Å²) in [6.07, 6.45) is 0.896. The van der Waals surface area contributed by atoms with Crippen LogP contribution < -0.4 is 4.90 Å². The van der Waals surface area contributed by atoms with E-state index in [2.05, 4.69) is 11.0 Å². The third-order valence-electron chi connectivity index (χ3n) is 5.31. The minimum atomic E-state index is -0.493. The van der Waals surface area contributed by atoms with Crippen LogP contribution in [0, 0.1) is 5.82 Å². The van der Waals surface area contributed by atoms with E-state index in [1.165, 1.54) is 17.7 Å². The van der Waals surface area contributed by atoms with Crippen LogP contribution in [0.1, 0.15) is 15.9 Å². The zero-order valence-corrected chi connectivity index (χ0v) is 15.1. The Bertz CT molecular complexity index is 862. The molecule has 0 aliphatic carbocycles. The van der Waals surface area contributed by atoms with Gasteiger partial charge in [-0.05, 0) is 30.2 Å². The summed E-state index contributed by atoms with van der Waals surface area (Å²) in [4.78, 5) is 30.8. The van der Waals surface area contributed by atoms with Crippen molar-refractivity contribution in [3.8, 4) is 0 Å². The average Bonchev–Trinajstić information content (AvgIpc) is 3.13. The molecule has 2 aliphatic heterocycles.